The van der Waals surface area contributed by atoms with Crippen molar-refractivity contribution in [3.05, 3.63) is 35.4 Å². The lowest BCUT2D eigenvalue weighted by atomic mass is 10.0. The molecule has 0 aliphatic carbocycles. The molecule has 0 aromatic heterocycles. The zero-order chi connectivity index (χ0) is 11.3. The molecule has 15 heavy (non-hydrogen) atoms. The lowest BCUT2D eigenvalue weighted by molar-refractivity contribution is 0.0150. The van der Waals surface area contributed by atoms with Crippen LogP contribution in [0.1, 0.15) is 23.7 Å². The van der Waals surface area contributed by atoms with E-state index < -0.39 is 12.2 Å². The summed E-state index contributed by atoms with van der Waals surface area (Å²) in [6.07, 6.45) is -1.33. The van der Waals surface area contributed by atoms with Crippen LogP contribution in [0.3, 0.4) is 0 Å². The minimum atomic E-state index is -0.892. The first kappa shape index (κ1) is 12.5. The van der Waals surface area contributed by atoms with Crippen molar-refractivity contribution in [3.8, 4) is 0 Å². The number of rotatable bonds is 5. The van der Waals surface area contributed by atoms with Crippen molar-refractivity contribution < 1.29 is 10.2 Å². The van der Waals surface area contributed by atoms with E-state index in [0.29, 0.717) is 24.4 Å². The van der Waals surface area contributed by atoms with Crippen molar-refractivity contribution in [2.24, 2.45) is 5.73 Å². The Kier molecular flexibility index (Phi) is 5.05. The Morgan fingerprint density at radius 3 is 2.67 bits per heavy atom. The van der Waals surface area contributed by atoms with E-state index in [1.165, 1.54) is 0 Å². The summed E-state index contributed by atoms with van der Waals surface area (Å²) in [7, 11) is 0. The molecule has 0 saturated carbocycles. The van der Waals surface area contributed by atoms with Crippen LogP contribution >= 0.6 is 11.6 Å². The van der Waals surface area contributed by atoms with Crippen molar-refractivity contribution >= 4 is 11.6 Å². The summed E-state index contributed by atoms with van der Waals surface area (Å²) in [4.78, 5) is 0. The van der Waals surface area contributed by atoms with Gasteiger partial charge in [0.05, 0.1) is 6.10 Å². The summed E-state index contributed by atoms with van der Waals surface area (Å²) >= 11 is 5.68. The molecule has 1 rings (SSSR count). The number of nitrogens with two attached hydrogens (primary N) is 1. The van der Waals surface area contributed by atoms with Crippen molar-refractivity contribution in [1.82, 2.24) is 0 Å². The molecule has 2 unspecified atom stereocenters. The summed E-state index contributed by atoms with van der Waals surface area (Å²) in [6, 6.07) is 7.24. The average molecular weight is 230 g/mol. The van der Waals surface area contributed by atoms with Gasteiger partial charge in [0, 0.05) is 5.88 Å². The standard InChI is InChI=1S/C11H16ClNO2/c12-7-8-2-1-3-9(6-8)11(15)10(14)4-5-13/h1-3,6,10-11,14-15H,4-5,7,13H2. The molecule has 0 aliphatic rings. The van der Waals surface area contributed by atoms with E-state index in [2.05, 4.69) is 0 Å². The van der Waals surface area contributed by atoms with Crippen molar-refractivity contribution in [1.29, 1.82) is 0 Å². The largest absolute Gasteiger partial charge is 0.390 e. The minimum absolute atomic E-state index is 0.355. The normalized spacial score (nSPS) is 14.9. The molecular formula is C11H16ClNO2. The fourth-order valence-electron chi connectivity index (χ4n) is 1.41. The summed E-state index contributed by atoms with van der Waals surface area (Å²) in [5.74, 6) is 0.396. The van der Waals surface area contributed by atoms with Gasteiger partial charge in [0.25, 0.3) is 0 Å². The van der Waals surface area contributed by atoms with Gasteiger partial charge in [0.15, 0.2) is 0 Å². The molecule has 0 bridgehead atoms. The van der Waals surface area contributed by atoms with Gasteiger partial charge in [-0.3, -0.25) is 0 Å². The Morgan fingerprint density at radius 2 is 2.07 bits per heavy atom. The van der Waals surface area contributed by atoms with Gasteiger partial charge in [-0.05, 0) is 24.1 Å². The van der Waals surface area contributed by atoms with Crippen LogP contribution in [0.4, 0.5) is 0 Å². The Labute approximate surface area is 94.5 Å². The number of hydrogen-bond acceptors (Lipinski definition) is 3. The van der Waals surface area contributed by atoms with E-state index in [4.69, 9.17) is 17.3 Å². The molecule has 4 N–H and O–H groups in total. The zero-order valence-corrected chi connectivity index (χ0v) is 9.19. The molecule has 4 heteroatoms. The smallest absolute Gasteiger partial charge is 0.105 e. The van der Waals surface area contributed by atoms with E-state index in [1.807, 2.05) is 12.1 Å². The number of aliphatic hydroxyl groups excluding tert-OH is 2. The number of halogens is 1. The number of hydrogen-bond donors (Lipinski definition) is 3. The van der Waals surface area contributed by atoms with Crippen LogP contribution in [0.5, 0.6) is 0 Å². The Balaban J connectivity index is 2.76. The van der Waals surface area contributed by atoms with E-state index in [9.17, 15) is 10.2 Å². The molecular weight excluding hydrogens is 214 g/mol. The van der Waals surface area contributed by atoms with Gasteiger partial charge in [0.2, 0.25) is 0 Å². The van der Waals surface area contributed by atoms with Gasteiger partial charge in [-0.15, -0.1) is 11.6 Å². The van der Waals surface area contributed by atoms with Gasteiger partial charge in [-0.25, -0.2) is 0 Å². The second kappa shape index (κ2) is 6.08. The molecule has 0 spiro atoms. The molecule has 0 saturated heterocycles. The molecule has 0 fully saturated rings. The van der Waals surface area contributed by atoms with Gasteiger partial charge >= 0.3 is 0 Å². The van der Waals surface area contributed by atoms with Crippen LogP contribution < -0.4 is 5.73 Å². The van der Waals surface area contributed by atoms with Crippen LogP contribution in [0.25, 0.3) is 0 Å². The fourth-order valence-corrected chi connectivity index (χ4v) is 1.58. The van der Waals surface area contributed by atoms with Gasteiger partial charge in [-0.1, -0.05) is 24.3 Å². The highest BCUT2D eigenvalue weighted by atomic mass is 35.5. The topological polar surface area (TPSA) is 66.5 Å². The quantitative estimate of drug-likeness (QED) is 0.664. The minimum Gasteiger partial charge on any atom is -0.390 e. The highest BCUT2D eigenvalue weighted by Gasteiger charge is 2.17. The number of aliphatic hydroxyl groups is 2. The first-order chi connectivity index (χ1) is 7.19. The van der Waals surface area contributed by atoms with Crippen LogP contribution in [0, 0.1) is 0 Å². The summed E-state index contributed by atoms with van der Waals surface area (Å²) in [6.45, 7) is 0.355. The zero-order valence-electron chi connectivity index (χ0n) is 8.44. The molecule has 1 aromatic rings. The average Bonchev–Trinajstić information content (AvgIpc) is 2.28. The monoisotopic (exact) mass is 229 g/mol. The highest BCUT2D eigenvalue weighted by Crippen LogP contribution is 2.20. The van der Waals surface area contributed by atoms with E-state index in [-0.39, 0.29) is 0 Å². The van der Waals surface area contributed by atoms with Crippen molar-refractivity contribution in [3.63, 3.8) is 0 Å². The van der Waals surface area contributed by atoms with Gasteiger partial charge in [-0.2, -0.15) is 0 Å². The third-order valence-electron chi connectivity index (χ3n) is 2.27. The summed E-state index contributed by atoms with van der Waals surface area (Å²) in [5.41, 5.74) is 6.91. The van der Waals surface area contributed by atoms with E-state index in [1.54, 1.807) is 12.1 Å². The maximum absolute atomic E-state index is 9.79. The van der Waals surface area contributed by atoms with Gasteiger partial charge < -0.3 is 15.9 Å². The molecule has 0 amide bonds. The second-order valence-electron chi connectivity index (χ2n) is 3.47. The molecule has 84 valence electrons. The van der Waals surface area contributed by atoms with Crippen LogP contribution in [-0.2, 0) is 5.88 Å². The van der Waals surface area contributed by atoms with Crippen molar-refractivity contribution in [2.45, 2.75) is 24.5 Å². The Morgan fingerprint density at radius 1 is 1.33 bits per heavy atom. The molecule has 0 radical (unpaired) electrons. The number of benzene rings is 1. The third-order valence-corrected chi connectivity index (χ3v) is 2.58. The highest BCUT2D eigenvalue weighted by molar-refractivity contribution is 6.17. The lowest BCUT2D eigenvalue weighted by Crippen LogP contribution is -2.21. The van der Waals surface area contributed by atoms with E-state index >= 15 is 0 Å². The van der Waals surface area contributed by atoms with Crippen molar-refractivity contribution in [2.75, 3.05) is 6.54 Å². The van der Waals surface area contributed by atoms with Gasteiger partial charge in [0.1, 0.15) is 6.10 Å². The van der Waals surface area contributed by atoms with Crippen LogP contribution in [0.15, 0.2) is 24.3 Å². The van der Waals surface area contributed by atoms with Crippen LogP contribution in [0.2, 0.25) is 0 Å². The number of alkyl halides is 1. The molecule has 2 atom stereocenters. The maximum atomic E-state index is 9.79. The molecule has 3 nitrogen and oxygen atoms in total. The summed E-state index contributed by atoms with van der Waals surface area (Å²) in [5, 5.41) is 19.4. The molecule has 1 aromatic carbocycles. The second-order valence-corrected chi connectivity index (χ2v) is 3.74. The van der Waals surface area contributed by atoms with E-state index in [0.717, 1.165) is 5.56 Å². The maximum Gasteiger partial charge on any atom is 0.105 e. The molecule has 0 aliphatic heterocycles. The predicted octanol–water partition coefficient (Wildman–Crippen LogP) is 1.17. The first-order valence-corrected chi connectivity index (χ1v) is 5.43. The SMILES string of the molecule is NCCC(O)C(O)c1cccc(CCl)c1. The Bertz CT molecular complexity index is 306. The Hall–Kier alpha value is -0.610. The predicted molar refractivity (Wildman–Crippen MR) is 60.6 cm³/mol. The van der Waals surface area contributed by atoms with Crippen LogP contribution in [-0.4, -0.2) is 22.9 Å². The fraction of sp³-hybridized carbons (Fsp3) is 0.455. The molecule has 0 heterocycles. The lowest BCUT2D eigenvalue weighted by Gasteiger charge is -2.17. The first-order valence-electron chi connectivity index (χ1n) is 4.90. The third kappa shape index (κ3) is 3.47. The summed E-state index contributed by atoms with van der Waals surface area (Å²) < 4.78 is 0.